The highest BCUT2D eigenvalue weighted by molar-refractivity contribution is 9.10. The molecule has 0 saturated carbocycles. The van der Waals surface area contributed by atoms with E-state index in [0.717, 1.165) is 21.2 Å². The van der Waals surface area contributed by atoms with Crippen molar-refractivity contribution in [2.24, 2.45) is 5.92 Å². The number of nitrogens with one attached hydrogen (secondary N) is 1. The molecule has 0 aliphatic carbocycles. The van der Waals surface area contributed by atoms with Crippen molar-refractivity contribution in [1.29, 1.82) is 0 Å². The van der Waals surface area contributed by atoms with Crippen molar-refractivity contribution in [1.82, 2.24) is 10.2 Å². The molecule has 0 saturated heterocycles. The highest BCUT2D eigenvalue weighted by Gasteiger charge is 2.30. The third-order valence-corrected chi connectivity index (χ3v) is 7.34. The molecule has 190 valence electrons. The van der Waals surface area contributed by atoms with Gasteiger partial charge in [0.1, 0.15) is 6.04 Å². The molecule has 0 aliphatic heterocycles. The largest absolute Gasteiger partial charge is 0.354 e. The Labute approximate surface area is 231 Å². The van der Waals surface area contributed by atoms with Gasteiger partial charge in [-0.15, -0.1) is 11.8 Å². The van der Waals surface area contributed by atoms with E-state index in [0.29, 0.717) is 36.2 Å². The summed E-state index contributed by atoms with van der Waals surface area (Å²) in [4.78, 5) is 28.8. The number of hydrogen-bond donors (Lipinski definition) is 1. The average Bonchev–Trinajstić information content (AvgIpc) is 2.86. The highest BCUT2D eigenvalue weighted by Crippen LogP contribution is 2.21. The van der Waals surface area contributed by atoms with E-state index >= 15 is 0 Å². The standard InChI is InChI=1S/C29H32BrClN2O2S/c1-21(2)17-32-29(35)27(16-22-7-4-3-5-8-22)33(18-24-9-6-10-25(30)15-24)28(34)20-36-19-23-11-13-26(31)14-12-23/h3-15,21,27H,16-20H2,1-2H3,(H,32,35)/t27-/m1/s1. The first-order chi connectivity index (χ1) is 17.3. The smallest absolute Gasteiger partial charge is 0.243 e. The van der Waals surface area contributed by atoms with Crippen molar-refractivity contribution in [3.63, 3.8) is 0 Å². The van der Waals surface area contributed by atoms with Crippen molar-refractivity contribution in [3.05, 3.63) is 105 Å². The van der Waals surface area contributed by atoms with Crippen LogP contribution < -0.4 is 5.32 Å². The Hall–Kier alpha value is -2.28. The Kier molecular flexibility index (Phi) is 11.4. The summed E-state index contributed by atoms with van der Waals surface area (Å²) in [6.45, 7) is 5.04. The minimum absolute atomic E-state index is 0.0606. The Morgan fingerprint density at radius 2 is 1.64 bits per heavy atom. The van der Waals surface area contributed by atoms with E-state index in [2.05, 4.69) is 35.1 Å². The molecule has 0 aliphatic rings. The minimum atomic E-state index is -0.617. The summed E-state index contributed by atoms with van der Waals surface area (Å²) in [5.74, 6) is 1.10. The number of thioether (sulfide) groups is 1. The number of nitrogens with zero attached hydrogens (tertiary/aromatic N) is 1. The van der Waals surface area contributed by atoms with Gasteiger partial charge in [-0.05, 0) is 46.9 Å². The van der Waals surface area contributed by atoms with Crippen LogP contribution in [0.3, 0.4) is 0 Å². The first-order valence-electron chi connectivity index (χ1n) is 12.0. The predicted molar refractivity (Wildman–Crippen MR) is 154 cm³/mol. The van der Waals surface area contributed by atoms with Crippen LogP contribution >= 0.6 is 39.3 Å². The fraction of sp³-hybridized carbons (Fsp3) is 0.310. The molecule has 3 rings (SSSR count). The van der Waals surface area contributed by atoms with Crippen molar-refractivity contribution in [2.45, 2.75) is 38.6 Å². The van der Waals surface area contributed by atoms with Crippen LogP contribution in [0.2, 0.25) is 5.02 Å². The second-order valence-corrected chi connectivity index (χ2v) is 11.5. The van der Waals surface area contributed by atoms with E-state index in [1.165, 1.54) is 0 Å². The summed E-state index contributed by atoms with van der Waals surface area (Å²) >= 11 is 11.1. The number of halogens is 2. The van der Waals surface area contributed by atoms with E-state index in [-0.39, 0.29) is 17.6 Å². The highest BCUT2D eigenvalue weighted by atomic mass is 79.9. The lowest BCUT2D eigenvalue weighted by atomic mass is 10.0. The molecule has 0 unspecified atom stereocenters. The maximum Gasteiger partial charge on any atom is 0.243 e. The van der Waals surface area contributed by atoms with Crippen LogP contribution in [-0.2, 0) is 28.3 Å². The van der Waals surface area contributed by atoms with Crippen LogP contribution in [-0.4, -0.2) is 35.1 Å². The molecule has 2 amide bonds. The maximum absolute atomic E-state index is 13.6. The Balaban J connectivity index is 1.83. The van der Waals surface area contributed by atoms with E-state index in [9.17, 15) is 9.59 Å². The molecule has 0 spiro atoms. The lowest BCUT2D eigenvalue weighted by Crippen LogP contribution is -2.51. The van der Waals surface area contributed by atoms with Crippen molar-refractivity contribution in [2.75, 3.05) is 12.3 Å². The average molecular weight is 588 g/mol. The first kappa shape index (κ1) is 28.3. The Morgan fingerprint density at radius 1 is 0.944 bits per heavy atom. The van der Waals surface area contributed by atoms with Gasteiger partial charge in [0.25, 0.3) is 0 Å². The zero-order chi connectivity index (χ0) is 25.9. The lowest BCUT2D eigenvalue weighted by molar-refractivity contribution is -0.139. The quantitative estimate of drug-likeness (QED) is 0.255. The minimum Gasteiger partial charge on any atom is -0.354 e. The summed E-state index contributed by atoms with van der Waals surface area (Å²) in [7, 11) is 0. The summed E-state index contributed by atoms with van der Waals surface area (Å²) < 4.78 is 0.938. The van der Waals surface area contributed by atoms with E-state index in [1.807, 2.05) is 78.9 Å². The molecule has 0 fully saturated rings. The van der Waals surface area contributed by atoms with Crippen molar-refractivity contribution < 1.29 is 9.59 Å². The first-order valence-corrected chi connectivity index (χ1v) is 14.3. The van der Waals surface area contributed by atoms with Crippen LogP contribution in [0.1, 0.15) is 30.5 Å². The van der Waals surface area contributed by atoms with Gasteiger partial charge in [-0.25, -0.2) is 0 Å². The van der Waals surface area contributed by atoms with Gasteiger partial charge >= 0.3 is 0 Å². The molecule has 1 N–H and O–H groups in total. The fourth-order valence-electron chi connectivity index (χ4n) is 3.73. The third kappa shape index (κ3) is 9.30. The van der Waals surface area contributed by atoms with Gasteiger partial charge in [-0.2, -0.15) is 0 Å². The monoisotopic (exact) mass is 586 g/mol. The number of benzene rings is 3. The van der Waals surface area contributed by atoms with Gasteiger partial charge in [0.2, 0.25) is 11.8 Å². The van der Waals surface area contributed by atoms with Crippen molar-refractivity contribution >= 4 is 51.1 Å². The number of amides is 2. The summed E-state index contributed by atoms with van der Waals surface area (Å²) in [6, 6.07) is 24.8. The summed E-state index contributed by atoms with van der Waals surface area (Å²) in [5, 5.41) is 3.75. The van der Waals surface area contributed by atoms with E-state index < -0.39 is 6.04 Å². The topological polar surface area (TPSA) is 49.4 Å². The molecule has 1 atom stereocenters. The second kappa shape index (κ2) is 14.5. The normalized spacial score (nSPS) is 11.8. The zero-order valence-electron chi connectivity index (χ0n) is 20.6. The number of carbonyl (C=O) groups excluding carboxylic acids is 2. The second-order valence-electron chi connectivity index (χ2n) is 9.12. The zero-order valence-corrected chi connectivity index (χ0v) is 23.8. The molecule has 7 heteroatoms. The molecule has 3 aromatic carbocycles. The van der Waals surface area contributed by atoms with E-state index in [4.69, 9.17) is 11.6 Å². The molecular formula is C29H32BrClN2O2S. The maximum atomic E-state index is 13.6. The third-order valence-electron chi connectivity index (χ3n) is 5.61. The fourth-order valence-corrected chi connectivity index (χ4v) is 5.17. The van der Waals surface area contributed by atoms with Crippen LogP contribution in [0.5, 0.6) is 0 Å². The van der Waals surface area contributed by atoms with Gasteiger partial charge in [0.15, 0.2) is 0 Å². The number of hydrogen-bond acceptors (Lipinski definition) is 3. The van der Waals surface area contributed by atoms with Gasteiger partial charge in [-0.3, -0.25) is 9.59 Å². The van der Waals surface area contributed by atoms with Gasteiger partial charge in [0.05, 0.1) is 5.75 Å². The Bertz CT molecular complexity index is 1130. The molecule has 0 bridgehead atoms. The van der Waals surface area contributed by atoms with Crippen molar-refractivity contribution in [3.8, 4) is 0 Å². The van der Waals surface area contributed by atoms with Crippen LogP contribution in [0.15, 0.2) is 83.3 Å². The molecule has 36 heavy (non-hydrogen) atoms. The summed E-state index contributed by atoms with van der Waals surface area (Å²) in [5.41, 5.74) is 3.09. The predicted octanol–water partition coefficient (Wildman–Crippen LogP) is 6.75. The molecule has 4 nitrogen and oxygen atoms in total. The summed E-state index contributed by atoms with van der Waals surface area (Å²) in [6.07, 6.45) is 0.451. The van der Waals surface area contributed by atoms with Crippen LogP contribution in [0.4, 0.5) is 0 Å². The lowest BCUT2D eigenvalue weighted by Gasteiger charge is -2.32. The van der Waals surface area contributed by atoms with Gasteiger partial charge in [0, 0.05) is 34.8 Å². The van der Waals surface area contributed by atoms with Crippen LogP contribution in [0, 0.1) is 5.92 Å². The Morgan fingerprint density at radius 3 is 2.31 bits per heavy atom. The number of carbonyl (C=O) groups is 2. The van der Waals surface area contributed by atoms with Gasteiger partial charge < -0.3 is 10.2 Å². The van der Waals surface area contributed by atoms with Gasteiger partial charge in [-0.1, -0.05) is 96.0 Å². The van der Waals surface area contributed by atoms with E-state index in [1.54, 1.807) is 16.7 Å². The molecule has 0 aromatic heterocycles. The molecule has 0 heterocycles. The molecule has 0 radical (unpaired) electrons. The molecule has 3 aromatic rings. The SMILES string of the molecule is CC(C)CNC(=O)[C@@H](Cc1ccccc1)N(Cc1cccc(Br)c1)C(=O)CSCc1ccc(Cl)cc1. The number of rotatable bonds is 12. The van der Waals surface area contributed by atoms with Crippen LogP contribution in [0.25, 0.3) is 0 Å². The molecular weight excluding hydrogens is 556 g/mol.